The van der Waals surface area contributed by atoms with Crippen molar-refractivity contribution in [2.24, 2.45) is 5.73 Å². The fraction of sp³-hybridized carbons (Fsp3) is 0.500. The lowest BCUT2D eigenvalue weighted by molar-refractivity contribution is -0.131. The lowest BCUT2D eigenvalue weighted by Gasteiger charge is -2.21. The number of nitrogens with one attached hydrogen (secondary N) is 1. The van der Waals surface area contributed by atoms with E-state index in [1.165, 1.54) is 7.11 Å². The number of nitrogens with two attached hydrogens (primary N) is 1. The Morgan fingerprint density at radius 1 is 1.41 bits per heavy atom. The van der Waals surface area contributed by atoms with Crippen LogP contribution in [0.5, 0.6) is 0 Å². The highest BCUT2D eigenvalue weighted by molar-refractivity contribution is 5.97. The molecule has 6 heteroatoms. The van der Waals surface area contributed by atoms with Crippen molar-refractivity contribution in [3.05, 3.63) is 35.9 Å². The molecule has 22 heavy (non-hydrogen) atoms. The highest BCUT2D eigenvalue weighted by Crippen LogP contribution is 2.29. The van der Waals surface area contributed by atoms with Crippen LogP contribution in [0.2, 0.25) is 0 Å². The van der Waals surface area contributed by atoms with Gasteiger partial charge in [0.05, 0.1) is 19.3 Å². The van der Waals surface area contributed by atoms with Crippen LogP contribution in [0.1, 0.15) is 12.5 Å². The van der Waals surface area contributed by atoms with Crippen LogP contribution in [0.25, 0.3) is 0 Å². The van der Waals surface area contributed by atoms with Crippen LogP contribution in [0.15, 0.2) is 30.3 Å². The minimum atomic E-state index is -0.802. The number of benzene rings is 1. The minimum absolute atomic E-state index is 0.103. The van der Waals surface area contributed by atoms with Gasteiger partial charge in [0.2, 0.25) is 5.91 Å². The van der Waals surface area contributed by atoms with E-state index in [4.69, 9.17) is 15.2 Å². The monoisotopic (exact) mass is 306 g/mol. The Balaban J connectivity index is 2.08. The molecule has 0 bridgehead atoms. The van der Waals surface area contributed by atoms with E-state index in [0.717, 1.165) is 5.56 Å². The average molecular weight is 306 g/mol. The van der Waals surface area contributed by atoms with Gasteiger partial charge in [0.1, 0.15) is 11.6 Å². The molecule has 120 valence electrons. The highest BCUT2D eigenvalue weighted by atomic mass is 16.6. The predicted molar refractivity (Wildman–Crippen MR) is 81.3 cm³/mol. The molecule has 1 aliphatic rings. The van der Waals surface area contributed by atoms with E-state index in [0.29, 0.717) is 13.0 Å². The molecular weight excluding hydrogens is 284 g/mol. The summed E-state index contributed by atoms with van der Waals surface area (Å²) in [6.07, 6.45) is 0.407. The van der Waals surface area contributed by atoms with Crippen molar-refractivity contribution >= 4 is 11.7 Å². The molecule has 0 spiro atoms. The number of carbonyl (C=O) groups excluding carboxylic acids is 2. The van der Waals surface area contributed by atoms with Gasteiger partial charge in [-0.2, -0.15) is 0 Å². The number of Topliss-reactive ketones (excluding diaryl/α,β-unsaturated/α-hetero) is 1. The summed E-state index contributed by atoms with van der Waals surface area (Å²) < 4.78 is 10.1. The topological polar surface area (TPSA) is 93.9 Å². The Morgan fingerprint density at radius 2 is 2.05 bits per heavy atom. The first kappa shape index (κ1) is 16.6. The van der Waals surface area contributed by atoms with Crippen LogP contribution in [-0.4, -0.2) is 49.7 Å². The maximum Gasteiger partial charge on any atom is 0.239 e. The number of methoxy groups -OCH3 is 1. The fourth-order valence-corrected chi connectivity index (χ4v) is 2.21. The van der Waals surface area contributed by atoms with Gasteiger partial charge >= 0.3 is 0 Å². The van der Waals surface area contributed by atoms with Gasteiger partial charge in [-0.25, -0.2) is 0 Å². The fourth-order valence-electron chi connectivity index (χ4n) is 2.21. The van der Waals surface area contributed by atoms with Crippen LogP contribution < -0.4 is 11.1 Å². The molecule has 0 saturated carbocycles. The SMILES string of the molecule is COCC(N)C(=O)NC(Cc1ccccc1)C(=O)[C@@]1(C)CO1. The molecule has 1 saturated heterocycles. The Bertz CT molecular complexity index is 528. The summed E-state index contributed by atoms with van der Waals surface area (Å²) in [5.74, 6) is -0.533. The molecule has 0 radical (unpaired) electrons. The van der Waals surface area contributed by atoms with E-state index in [2.05, 4.69) is 5.32 Å². The zero-order chi connectivity index (χ0) is 16.2. The number of rotatable bonds is 8. The standard InChI is InChI=1S/C16H22N2O4/c1-16(10-22-16)14(19)13(8-11-6-4-3-5-7-11)18-15(20)12(17)9-21-2/h3-7,12-13H,8-10,17H2,1-2H3,(H,18,20)/t12?,13?,16-/m1/s1. The van der Waals surface area contributed by atoms with Crippen molar-refractivity contribution in [2.45, 2.75) is 31.0 Å². The van der Waals surface area contributed by atoms with Crippen molar-refractivity contribution in [3.63, 3.8) is 0 Å². The lowest BCUT2D eigenvalue weighted by atomic mass is 9.94. The van der Waals surface area contributed by atoms with Gasteiger partial charge in [-0.05, 0) is 18.9 Å². The van der Waals surface area contributed by atoms with Gasteiger partial charge in [-0.15, -0.1) is 0 Å². The van der Waals surface area contributed by atoms with E-state index in [1.807, 2.05) is 30.3 Å². The average Bonchev–Trinajstić information content (AvgIpc) is 3.26. The van der Waals surface area contributed by atoms with Gasteiger partial charge in [0.15, 0.2) is 5.78 Å². The molecule has 0 aliphatic carbocycles. The minimum Gasteiger partial charge on any atom is -0.383 e. The summed E-state index contributed by atoms with van der Waals surface area (Å²) in [6, 6.07) is 8.05. The molecular formula is C16H22N2O4. The van der Waals surface area contributed by atoms with Crippen molar-refractivity contribution in [2.75, 3.05) is 20.3 Å². The van der Waals surface area contributed by atoms with E-state index in [1.54, 1.807) is 6.92 Å². The molecule has 6 nitrogen and oxygen atoms in total. The van der Waals surface area contributed by atoms with Crippen LogP contribution in [0.4, 0.5) is 0 Å². The van der Waals surface area contributed by atoms with E-state index < -0.39 is 23.6 Å². The van der Waals surface area contributed by atoms with Crippen LogP contribution in [0.3, 0.4) is 0 Å². The molecule has 1 aromatic rings. The molecule has 1 aliphatic heterocycles. The first-order chi connectivity index (χ1) is 10.5. The number of amides is 1. The second kappa shape index (κ2) is 7.00. The summed E-state index contributed by atoms with van der Waals surface area (Å²) in [5.41, 5.74) is 5.88. The zero-order valence-corrected chi connectivity index (χ0v) is 12.9. The van der Waals surface area contributed by atoms with Crippen molar-refractivity contribution in [1.29, 1.82) is 0 Å². The molecule has 1 amide bonds. The van der Waals surface area contributed by atoms with Gasteiger partial charge < -0.3 is 20.5 Å². The number of hydrogen-bond acceptors (Lipinski definition) is 5. The number of epoxide rings is 1. The third-order valence-electron chi connectivity index (χ3n) is 3.70. The Labute approximate surface area is 130 Å². The largest absolute Gasteiger partial charge is 0.383 e. The smallest absolute Gasteiger partial charge is 0.239 e. The van der Waals surface area contributed by atoms with Gasteiger partial charge in [-0.3, -0.25) is 9.59 Å². The number of carbonyl (C=O) groups is 2. The van der Waals surface area contributed by atoms with Crippen LogP contribution in [-0.2, 0) is 25.5 Å². The second-order valence-corrected chi connectivity index (χ2v) is 5.70. The third kappa shape index (κ3) is 4.13. The normalized spacial score (nSPS) is 22.7. The summed E-state index contributed by atoms with van der Waals surface area (Å²) in [7, 11) is 1.47. The molecule has 2 unspecified atom stereocenters. The Morgan fingerprint density at radius 3 is 2.59 bits per heavy atom. The highest BCUT2D eigenvalue weighted by Gasteiger charge is 2.50. The molecule has 3 N–H and O–H groups in total. The first-order valence-electron chi connectivity index (χ1n) is 7.23. The quantitative estimate of drug-likeness (QED) is 0.662. The van der Waals surface area contributed by atoms with E-state index in [9.17, 15) is 9.59 Å². The second-order valence-electron chi connectivity index (χ2n) is 5.70. The lowest BCUT2D eigenvalue weighted by Crippen LogP contribution is -2.53. The van der Waals surface area contributed by atoms with E-state index in [-0.39, 0.29) is 12.4 Å². The van der Waals surface area contributed by atoms with Crippen molar-refractivity contribution < 1.29 is 19.1 Å². The van der Waals surface area contributed by atoms with Crippen molar-refractivity contribution in [1.82, 2.24) is 5.32 Å². The van der Waals surface area contributed by atoms with E-state index >= 15 is 0 Å². The molecule has 1 aromatic carbocycles. The zero-order valence-electron chi connectivity index (χ0n) is 12.9. The summed E-state index contributed by atoms with van der Waals surface area (Å²) >= 11 is 0. The summed E-state index contributed by atoms with van der Waals surface area (Å²) in [4.78, 5) is 24.6. The van der Waals surface area contributed by atoms with Crippen LogP contribution in [0, 0.1) is 0 Å². The number of ketones is 1. The number of ether oxygens (including phenoxy) is 2. The summed E-state index contributed by atoms with van der Waals surface area (Å²) in [5, 5.41) is 2.72. The molecule has 2 rings (SSSR count). The van der Waals surface area contributed by atoms with Gasteiger partial charge in [0, 0.05) is 7.11 Å². The molecule has 3 atom stereocenters. The predicted octanol–water partition coefficient (Wildman–Crippen LogP) is 0.0456. The first-order valence-corrected chi connectivity index (χ1v) is 7.23. The maximum atomic E-state index is 12.5. The third-order valence-corrected chi connectivity index (χ3v) is 3.70. The summed E-state index contributed by atoms with van der Waals surface area (Å²) in [6.45, 7) is 2.22. The van der Waals surface area contributed by atoms with Crippen molar-refractivity contribution in [3.8, 4) is 0 Å². The molecule has 1 fully saturated rings. The molecule has 0 aromatic heterocycles. The van der Waals surface area contributed by atoms with Crippen LogP contribution >= 0.6 is 0 Å². The number of hydrogen-bond donors (Lipinski definition) is 2. The van der Waals surface area contributed by atoms with Gasteiger partial charge in [0.25, 0.3) is 0 Å². The van der Waals surface area contributed by atoms with Gasteiger partial charge in [-0.1, -0.05) is 30.3 Å². The maximum absolute atomic E-state index is 12.5. The molecule has 1 heterocycles. The Hall–Kier alpha value is -1.76. The Kier molecular flexibility index (Phi) is 5.28.